The maximum Gasteiger partial charge on any atom is 0.160 e. The summed E-state index contributed by atoms with van der Waals surface area (Å²) in [5.41, 5.74) is 10.9. The zero-order chi connectivity index (χ0) is 33.7. The van der Waals surface area contributed by atoms with Crippen LogP contribution in [0.3, 0.4) is 0 Å². The first-order valence-electron chi connectivity index (χ1n) is 17.2. The van der Waals surface area contributed by atoms with E-state index in [2.05, 4.69) is 146 Å². The quantitative estimate of drug-likeness (QED) is 0.186. The van der Waals surface area contributed by atoms with Gasteiger partial charge in [0.1, 0.15) is 11.2 Å². The second kappa shape index (κ2) is 11.9. The summed E-state index contributed by atoms with van der Waals surface area (Å²) in [4.78, 5) is 10.4. The van der Waals surface area contributed by atoms with Crippen LogP contribution < -0.4 is 0 Å². The molecular weight excluding hydrogens is 621 g/mol. The number of hydrogen-bond acceptors (Lipinski definition) is 3. The molecule has 51 heavy (non-hydrogen) atoms. The fourth-order valence-electron chi connectivity index (χ4n) is 7.30. The zero-order valence-corrected chi connectivity index (χ0v) is 27.6. The summed E-state index contributed by atoms with van der Waals surface area (Å²) in [5, 5.41) is 6.91. The third kappa shape index (κ3) is 5.15. The molecule has 2 heterocycles. The standard InChI is InChI=1S/C48H30N2O/c1-3-13-34(14-4-1)44-30-45(35-15-5-2-6-16-35)50-48(49-44)38-27-41(47-43(28-38)42-26-36-17-7-8-18-37(36)29-46(42)51-47)33-24-22-32(23-25-33)40-21-11-19-31-12-9-10-20-39(31)40/h1-30H. The average Bonchev–Trinajstić information content (AvgIpc) is 3.57. The van der Waals surface area contributed by atoms with E-state index in [1.807, 2.05) is 36.4 Å². The number of aromatic nitrogens is 2. The van der Waals surface area contributed by atoms with Crippen molar-refractivity contribution in [3.8, 4) is 56.2 Å². The van der Waals surface area contributed by atoms with Gasteiger partial charge in [0.15, 0.2) is 5.82 Å². The highest BCUT2D eigenvalue weighted by atomic mass is 16.3. The molecule has 0 aliphatic heterocycles. The molecule has 0 bridgehead atoms. The number of furan rings is 1. The molecular formula is C48H30N2O. The van der Waals surface area contributed by atoms with Crippen molar-refractivity contribution in [1.82, 2.24) is 9.97 Å². The van der Waals surface area contributed by atoms with Gasteiger partial charge < -0.3 is 4.42 Å². The van der Waals surface area contributed by atoms with Gasteiger partial charge in [0.25, 0.3) is 0 Å². The molecule has 0 aliphatic carbocycles. The van der Waals surface area contributed by atoms with Crippen molar-refractivity contribution in [3.05, 3.63) is 182 Å². The van der Waals surface area contributed by atoms with Crippen LogP contribution in [0.15, 0.2) is 186 Å². The largest absolute Gasteiger partial charge is 0.455 e. The Kier molecular flexibility index (Phi) is 6.81. The summed E-state index contributed by atoms with van der Waals surface area (Å²) < 4.78 is 6.75. The highest BCUT2D eigenvalue weighted by Crippen LogP contribution is 2.41. The molecule has 10 rings (SSSR count). The maximum absolute atomic E-state index is 6.75. The second-order valence-corrected chi connectivity index (χ2v) is 13.0. The molecule has 0 saturated carbocycles. The Morgan fingerprint density at radius 3 is 1.59 bits per heavy atom. The van der Waals surface area contributed by atoms with Gasteiger partial charge in [-0.3, -0.25) is 0 Å². The minimum Gasteiger partial charge on any atom is -0.455 e. The first-order valence-corrected chi connectivity index (χ1v) is 17.2. The van der Waals surface area contributed by atoms with Crippen LogP contribution in [0.2, 0.25) is 0 Å². The fraction of sp³-hybridized carbons (Fsp3) is 0. The summed E-state index contributed by atoms with van der Waals surface area (Å²) >= 11 is 0. The molecule has 0 fully saturated rings. The zero-order valence-electron chi connectivity index (χ0n) is 27.6. The molecule has 3 heteroatoms. The Morgan fingerprint density at radius 2 is 0.902 bits per heavy atom. The SMILES string of the molecule is c1ccc(-c2cc(-c3ccccc3)nc(-c3cc(-c4ccc(-c5cccc6ccccc56)cc4)c4oc5cc6ccccc6cc5c4c3)n2)cc1. The first kappa shape index (κ1) is 29.1. The molecule has 0 atom stereocenters. The smallest absolute Gasteiger partial charge is 0.160 e. The number of nitrogens with zero attached hydrogens (tertiary/aromatic N) is 2. The van der Waals surface area contributed by atoms with E-state index in [-0.39, 0.29) is 0 Å². The minimum absolute atomic E-state index is 0.667. The summed E-state index contributed by atoms with van der Waals surface area (Å²) in [7, 11) is 0. The summed E-state index contributed by atoms with van der Waals surface area (Å²) in [6.07, 6.45) is 0. The molecule has 0 aliphatic rings. The van der Waals surface area contributed by atoms with Crippen LogP contribution in [0.5, 0.6) is 0 Å². The highest BCUT2D eigenvalue weighted by molar-refractivity contribution is 6.14. The van der Waals surface area contributed by atoms with Crippen molar-refractivity contribution in [2.75, 3.05) is 0 Å². The maximum atomic E-state index is 6.75. The number of rotatable bonds is 5. The van der Waals surface area contributed by atoms with E-state index in [0.717, 1.165) is 66.5 Å². The molecule has 238 valence electrons. The van der Waals surface area contributed by atoms with Crippen molar-refractivity contribution in [2.24, 2.45) is 0 Å². The highest BCUT2D eigenvalue weighted by Gasteiger charge is 2.19. The lowest BCUT2D eigenvalue weighted by Crippen LogP contribution is -1.96. The van der Waals surface area contributed by atoms with Crippen LogP contribution in [0.25, 0.3) is 99.6 Å². The third-order valence-corrected chi connectivity index (χ3v) is 9.86. The van der Waals surface area contributed by atoms with Gasteiger partial charge in [-0.05, 0) is 68.6 Å². The Hall–Kier alpha value is -6.84. The molecule has 2 aromatic heterocycles. The molecule has 8 aromatic carbocycles. The van der Waals surface area contributed by atoms with E-state index in [1.54, 1.807) is 0 Å². The lowest BCUT2D eigenvalue weighted by atomic mass is 9.94. The summed E-state index contributed by atoms with van der Waals surface area (Å²) in [6.45, 7) is 0. The Morgan fingerprint density at radius 1 is 0.333 bits per heavy atom. The van der Waals surface area contributed by atoms with Gasteiger partial charge >= 0.3 is 0 Å². The Bertz CT molecular complexity index is 2830. The van der Waals surface area contributed by atoms with E-state index in [1.165, 1.54) is 27.3 Å². The van der Waals surface area contributed by atoms with Crippen LogP contribution in [0.1, 0.15) is 0 Å². The van der Waals surface area contributed by atoms with Gasteiger partial charge in [0.2, 0.25) is 0 Å². The normalized spacial score (nSPS) is 11.5. The third-order valence-electron chi connectivity index (χ3n) is 9.86. The van der Waals surface area contributed by atoms with E-state index in [9.17, 15) is 0 Å². The Labute approximate surface area is 295 Å². The molecule has 10 aromatic rings. The van der Waals surface area contributed by atoms with Gasteiger partial charge in [-0.25, -0.2) is 9.97 Å². The van der Waals surface area contributed by atoms with Crippen LogP contribution in [0.4, 0.5) is 0 Å². The van der Waals surface area contributed by atoms with Gasteiger partial charge in [0, 0.05) is 33.0 Å². The summed E-state index contributed by atoms with van der Waals surface area (Å²) in [5.74, 6) is 0.667. The van der Waals surface area contributed by atoms with Crippen molar-refractivity contribution < 1.29 is 4.42 Å². The summed E-state index contributed by atoms with van der Waals surface area (Å²) in [6, 6.07) is 63.8. The number of hydrogen-bond donors (Lipinski definition) is 0. The van der Waals surface area contributed by atoms with Crippen LogP contribution >= 0.6 is 0 Å². The fourth-order valence-corrected chi connectivity index (χ4v) is 7.30. The van der Waals surface area contributed by atoms with E-state index < -0.39 is 0 Å². The second-order valence-electron chi connectivity index (χ2n) is 13.0. The number of benzene rings is 8. The first-order chi connectivity index (χ1) is 25.2. The Balaban J connectivity index is 1.21. The van der Waals surface area contributed by atoms with E-state index >= 15 is 0 Å². The lowest BCUT2D eigenvalue weighted by molar-refractivity contribution is 0.670. The molecule has 3 nitrogen and oxygen atoms in total. The van der Waals surface area contributed by atoms with Gasteiger partial charge in [-0.1, -0.05) is 152 Å². The van der Waals surface area contributed by atoms with Gasteiger partial charge in [0.05, 0.1) is 11.4 Å². The molecule has 0 unspecified atom stereocenters. The van der Waals surface area contributed by atoms with Gasteiger partial charge in [-0.15, -0.1) is 0 Å². The van der Waals surface area contributed by atoms with E-state index in [0.29, 0.717) is 5.82 Å². The molecule has 0 radical (unpaired) electrons. The van der Waals surface area contributed by atoms with Crippen LogP contribution in [0, 0.1) is 0 Å². The molecule has 0 saturated heterocycles. The topological polar surface area (TPSA) is 38.9 Å². The van der Waals surface area contributed by atoms with E-state index in [4.69, 9.17) is 14.4 Å². The van der Waals surface area contributed by atoms with Crippen molar-refractivity contribution in [3.63, 3.8) is 0 Å². The number of fused-ring (bicyclic) bond motifs is 5. The minimum atomic E-state index is 0.667. The van der Waals surface area contributed by atoms with Crippen molar-refractivity contribution in [1.29, 1.82) is 0 Å². The van der Waals surface area contributed by atoms with Crippen LogP contribution in [-0.2, 0) is 0 Å². The van der Waals surface area contributed by atoms with Crippen molar-refractivity contribution in [2.45, 2.75) is 0 Å². The average molecular weight is 651 g/mol. The van der Waals surface area contributed by atoms with Crippen LogP contribution in [-0.4, -0.2) is 9.97 Å². The lowest BCUT2D eigenvalue weighted by Gasteiger charge is -2.12. The molecule has 0 spiro atoms. The van der Waals surface area contributed by atoms with Crippen molar-refractivity contribution >= 4 is 43.5 Å². The predicted octanol–water partition coefficient (Wildman–Crippen LogP) is 13.0. The predicted molar refractivity (Wildman–Crippen MR) is 212 cm³/mol. The molecule has 0 amide bonds. The van der Waals surface area contributed by atoms with Gasteiger partial charge in [-0.2, -0.15) is 0 Å². The monoisotopic (exact) mass is 650 g/mol. The molecule has 0 N–H and O–H groups in total.